The highest BCUT2D eigenvalue weighted by molar-refractivity contribution is 5.71. The standard InChI is InChI=1S/C26H26F3N3O4/c1-25(2,3)36-24(34)31-15-17-7-5-6-8-19(17)22(31)21-13-20(26(27,28)29)23(33)32(30-21)14-16-9-11-18(35-4)12-10-16/h5-13,22H,14-15H2,1-4H3. The zero-order valence-electron chi connectivity index (χ0n) is 20.3. The maximum absolute atomic E-state index is 13.9. The van der Waals surface area contributed by atoms with Gasteiger partial charge < -0.3 is 9.47 Å². The summed E-state index contributed by atoms with van der Waals surface area (Å²) in [5.74, 6) is 0.569. The lowest BCUT2D eigenvalue weighted by Gasteiger charge is -2.29. The molecule has 7 nitrogen and oxygen atoms in total. The minimum atomic E-state index is -4.91. The van der Waals surface area contributed by atoms with E-state index in [0.717, 1.165) is 16.3 Å². The minimum absolute atomic E-state index is 0.0776. The van der Waals surface area contributed by atoms with Gasteiger partial charge in [-0.1, -0.05) is 36.4 Å². The van der Waals surface area contributed by atoms with Crippen molar-refractivity contribution in [2.75, 3.05) is 7.11 Å². The maximum Gasteiger partial charge on any atom is 0.421 e. The van der Waals surface area contributed by atoms with Gasteiger partial charge in [0.05, 0.1) is 25.9 Å². The van der Waals surface area contributed by atoms with E-state index in [0.29, 0.717) is 16.9 Å². The van der Waals surface area contributed by atoms with E-state index in [-0.39, 0.29) is 18.8 Å². The Morgan fingerprint density at radius 2 is 1.75 bits per heavy atom. The van der Waals surface area contributed by atoms with Crippen molar-refractivity contribution in [3.05, 3.63) is 92.9 Å². The lowest BCUT2D eigenvalue weighted by molar-refractivity contribution is -0.139. The highest BCUT2D eigenvalue weighted by atomic mass is 19.4. The van der Waals surface area contributed by atoms with E-state index < -0.39 is 35.0 Å². The van der Waals surface area contributed by atoms with Gasteiger partial charge in [0.15, 0.2) is 0 Å². The van der Waals surface area contributed by atoms with Gasteiger partial charge in [-0.15, -0.1) is 0 Å². The normalized spacial score (nSPS) is 15.5. The van der Waals surface area contributed by atoms with Crippen LogP contribution in [0.5, 0.6) is 5.75 Å². The van der Waals surface area contributed by atoms with Crippen LogP contribution in [0.15, 0.2) is 59.4 Å². The molecule has 0 bridgehead atoms. The molecule has 2 aromatic carbocycles. The summed E-state index contributed by atoms with van der Waals surface area (Å²) in [4.78, 5) is 27.2. The molecule has 2 heterocycles. The molecule has 1 aromatic heterocycles. The largest absolute Gasteiger partial charge is 0.497 e. The monoisotopic (exact) mass is 501 g/mol. The number of hydrogen-bond acceptors (Lipinski definition) is 5. The first kappa shape index (κ1) is 25.3. The fourth-order valence-electron chi connectivity index (χ4n) is 4.11. The second-order valence-corrected chi connectivity index (χ2v) is 9.50. The van der Waals surface area contributed by atoms with Crippen LogP contribution in [-0.4, -0.2) is 33.5 Å². The van der Waals surface area contributed by atoms with E-state index in [1.165, 1.54) is 12.0 Å². The molecule has 1 unspecified atom stereocenters. The van der Waals surface area contributed by atoms with Gasteiger partial charge in [0.2, 0.25) is 0 Å². The lowest BCUT2D eigenvalue weighted by atomic mass is 10.0. The molecule has 190 valence electrons. The van der Waals surface area contributed by atoms with E-state index in [4.69, 9.17) is 9.47 Å². The number of halogens is 3. The predicted molar refractivity (Wildman–Crippen MR) is 126 cm³/mol. The topological polar surface area (TPSA) is 73.7 Å². The number of carbonyl (C=O) groups is 1. The van der Waals surface area contributed by atoms with Gasteiger partial charge in [-0.3, -0.25) is 9.69 Å². The van der Waals surface area contributed by atoms with Crippen LogP contribution in [0.2, 0.25) is 0 Å². The number of amides is 1. The SMILES string of the molecule is COc1ccc(Cn2nc(C3c4ccccc4CN3C(=O)OC(C)(C)C)cc(C(F)(F)F)c2=O)cc1. The van der Waals surface area contributed by atoms with Gasteiger partial charge in [-0.05, 0) is 55.7 Å². The van der Waals surface area contributed by atoms with Crippen molar-refractivity contribution in [1.82, 2.24) is 14.7 Å². The third kappa shape index (κ3) is 5.22. The number of ether oxygens (including phenoxy) is 2. The van der Waals surface area contributed by atoms with E-state index >= 15 is 0 Å². The highest BCUT2D eigenvalue weighted by Crippen LogP contribution is 2.39. The summed E-state index contributed by atoms with van der Waals surface area (Å²) in [5, 5.41) is 4.32. The van der Waals surface area contributed by atoms with Gasteiger partial charge in [-0.25, -0.2) is 9.48 Å². The Labute approximate surface area is 206 Å². The Morgan fingerprint density at radius 1 is 1.08 bits per heavy atom. The molecule has 0 saturated carbocycles. The third-order valence-electron chi connectivity index (χ3n) is 5.70. The number of rotatable bonds is 4. The van der Waals surface area contributed by atoms with Gasteiger partial charge in [0.25, 0.3) is 5.56 Å². The van der Waals surface area contributed by atoms with E-state index in [1.54, 1.807) is 69.3 Å². The van der Waals surface area contributed by atoms with Crippen molar-refractivity contribution >= 4 is 6.09 Å². The number of carbonyl (C=O) groups excluding carboxylic acids is 1. The summed E-state index contributed by atoms with van der Waals surface area (Å²) >= 11 is 0. The van der Waals surface area contributed by atoms with Crippen LogP contribution in [0.4, 0.5) is 18.0 Å². The van der Waals surface area contributed by atoms with Crippen LogP contribution in [-0.2, 0) is 24.0 Å². The number of nitrogens with zero attached hydrogens (tertiary/aromatic N) is 3. The molecule has 0 radical (unpaired) electrons. The third-order valence-corrected chi connectivity index (χ3v) is 5.70. The molecule has 1 aliphatic rings. The minimum Gasteiger partial charge on any atom is -0.497 e. The van der Waals surface area contributed by atoms with Gasteiger partial charge in [-0.2, -0.15) is 18.3 Å². The van der Waals surface area contributed by atoms with Gasteiger partial charge in [0, 0.05) is 0 Å². The predicted octanol–water partition coefficient (Wildman–Crippen LogP) is 5.16. The zero-order valence-corrected chi connectivity index (χ0v) is 20.3. The summed E-state index contributed by atoms with van der Waals surface area (Å²) in [5.41, 5.74) is -1.56. The molecule has 0 N–H and O–H groups in total. The van der Waals surface area contributed by atoms with Crippen LogP contribution in [0.25, 0.3) is 0 Å². The molecule has 3 aromatic rings. The van der Waals surface area contributed by atoms with Crippen molar-refractivity contribution in [3.8, 4) is 5.75 Å². The molecule has 1 atom stereocenters. The number of methoxy groups -OCH3 is 1. The summed E-state index contributed by atoms with van der Waals surface area (Å²) in [7, 11) is 1.50. The lowest BCUT2D eigenvalue weighted by Crippen LogP contribution is -2.38. The first-order chi connectivity index (χ1) is 16.9. The number of hydrogen-bond donors (Lipinski definition) is 0. The van der Waals surface area contributed by atoms with Crippen LogP contribution in [0.3, 0.4) is 0 Å². The smallest absolute Gasteiger partial charge is 0.421 e. The van der Waals surface area contributed by atoms with Gasteiger partial charge in [0.1, 0.15) is 23.0 Å². The van der Waals surface area contributed by atoms with E-state index in [1.807, 2.05) is 0 Å². The van der Waals surface area contributed by atoms with Crippen molar-refractivity contribution in [2.45, 2.75) is 51.7 Å². The first-order valence-electron chi connectivity index (χ1n) is 11.3. The molecular formula is C26H26F3N3O4. The summed E-state index contributed by atoms with van der Waals surface area (Å²) in [6.45, 7) is 5.06. The highest BCUT2D eigenvalue weighted by Gasteiger charge is 2.41. The summed E-state index contributed by atoms with van der Waals surface area (Å²) in [6.07, 6.45) is -5.60. The molecular weight excluding hydrogens is 475 g/mol. The first-order valence-corrected chi connectivity index (χ1v) is 11.3. The average molecular weight is 502 g/mol. The molecule has 0 fully saturated rings. The summed E-state index contributed by atoms with van der Waals surface area (Å²) < 4.78 is 53.3. The second-order valence-electron chi connectivity index (χ2n) is 9.50. The number of alkyl halides is 3. The number of benzene rings is 2. The van der Waals surface area contributed by atoms with Crippen molar-refractivity contribution in [2.24, 2.45) is 0 Å². The summed E-state index contributed by atoms with van der Waals surface area (Å²) in [6, 6.07) is 13.4. The van der Waals surface area contributed by atoms with E-state index in [9.17, 15) is 22.8 Å². The molecule has 1 amide bonds. The van der Waals surface area contributed by atoms with Crippen molar-refractivity contribution in [1.29, 1.82) is 0 Å². The molecule has 10 heteroatoms. The Kier molecular flexibility index (Phi) is 6.55. The van der Waals surface area contributed by atoms with Crippen molar-refractivity contribution in [3.63, 3.8) is 0 Å². The quantitative estimate of drug-likeness (QED) is 0.494. The molecule has 1 aliphatic heterocycles. The zero-order chi connectivity index (χ0) is 26.3. The molecule has 0 aliphatic carbocycles. The fraction of sp³-hybridized carbons (Fsp3) is 0.346. The van der Waals surface area contributed by atoms with Crippen LogP contribution in [0.1, 0.15) is 54.8 Å². The Balaban J connectivity index is 1.84. The Hall–Kier alpha value is -3.82. The second kappa shape index (κ2) is 9.33. The fourth-order valence-corrected chi connectivity index (χ4v) is 4.11. The van der Waals surface area contributed by atoms with Crippen molar-refractivity contribution < 1.29 is 27.4 Å². The number of aromatic nitrogens is 2. The Morgan fingerprint density at radius 3 is 2.36 bits per heavy atom. The van der Waals surface area contributed by atoms with Crippen LogP contribution in [0, 0.1) is 0 Å². The molecule has 36 heavy (non-hydrogen) atoms. The van der Waals surface area contributed by atoms with E-state index in [2.05, 4.69) is 5.10 Å². The molecule has 4 rings (SSSR count). The Bertz CT molecular complexity index is 1330. The molecule has 0 spiro atoms. The molecule has 0 saturated heterocycles. The maximum atomic E-state index is 13.9. The van der Waals surface area contributed by atoms with Crippen LogP contribution >= 0.6 is 0 Å². The number of fused-ring (bicyclic) bond motifs is 1. The van der Waals surface area contributed by atoms with Crippen LogP contribution < -0.4 is 10.3 Å². The van der Waals surface area contributed by atoms with Gasteiger partial charge >= 0.3 is 12.3 Å². The average Bonchev–Trinajstić information content (AvgIpc) is 3.19.